The fourth-order valence-corrected chi connectivity index (χ4v) is 3.83. The van der Waals surface area contributed by atoms with E-state index >= 15 is 0 Å². The molecule has 0 unspecified atom stereocenters. The van der Waals surface area contributed by atoms with Gasteiger partial charge in [0, 0.05) is 355 Å². The zero-order valence-electron chi connectivity index (χ0n) is 52.5. The van der Waals surface area contributed by atoms with Crippen molar-refractivity contribution in [2.24, 2.45) is 0 Å². The number of rotatable bonds is 7. The first-order chi connectivity index (χ1) is 52.0. The molecule has 0 N–H and O–H groups in total. The van der Waals surface area contributed by atoms with E-state index < -0.39 is 36.4 Å². The molecule has 0 bridgehead atoms. The van der Waals surface area contributed by atoms with Gasteiger partial charge in [-0.1, -0.05) is 0 Å². The van der Waals surface area contributed by atoms with Crippen LogP contribution in [0.5, 0.6) is 0 Å². The molecule has 105 heavy (non-hydrogen) atoms. The van der Waals surface area contributed by atoms with Crippen LogP contribution >= 0.6 is 0 Å². The Morgan fingerprint density at radius 2 is 0.324 bits per heavy atom. The number of hydrogen-bond donors (Lipinski definition) is 0. The molecule has 0 fully saturated rings. The molecule has 0 heterocycles. The topological polar surface area (TPSA) is 105 Å². The van der Waals surface area contributed by atoms with Gasteiger partial charge in [0.2, 0.25) is 5.60 Å². The second-order valence-corrected chi connectivity index (χ2v) is 13.8. The number of hydrogen-bond acceptors (Lipinski definition) is 8. The highest BCUT2D eigenvalue weighted by Gasteiger charge is 2.48. The lowest BCUT2D eigenvalue weighted by atomic mass is 9.95. The maximum Gasteiger partial charge on any atom is 0.365 e. The predicted molar refractivity (Wildman–Crippen MR) is 390 cm³/mol. The quantitative estimate of drug-likeness (QED) is 0.142. The Balaban J connectivity index is 6.12. The Labute approximate surface area is 612 Å². The monoisotopic (exact) mass is 1300 g/mol. The van der Waals surface area contributed by atoms with Gasteiger partial charge in [0.1, 0.15) is 18.3 Å². The van der Waals surface area contributed by atoms with Gasteiger partial charge in [0.15, 0.2) is 0 Å². The molecule has 0 saturated carbocycles. The van der Waals surface area contributed by atoms with E-state index in [0.717, 1.165) is 0 Å². The maximum absolute atomic E-state index is 13.4. The van der Waals surface area contributed by atoms with Crippen LogP contribution in [-0.4, -0.2) is 30.0 Å². The molecule has 8 nitrogen and oxygen atoms in total. The molecule has 0 aromatic carbocycles. The number of ether oxygens (including phenoxy) is 4. The smallest absolute Gasteiger partial charge is 0.365 e. The molecule has 0 aromatic rings. The summed E-state index contributed by atoms with van der Waals surface area (Å²) in [5.41, 5.74) is -2.77. The lowest BCUT2D eigenvalue weighted by Crippen LogP contribution is -2.46. The highest BCUT2D eigenvalue weighted by Crippen LogP contribution is 2.24. The Bertz CT molecular complexity index is 6620. The van der Waals surface area contributed by atoms with Crippen LogP contribution in [0.2, 0.25) is 0 Å². The first kappa shape index (κ1) is 83.1. The second-order valence-electron chi connectivity index (χ2n) is 13.8. The van der Waals surface area contributed by atoms with Crippen LogP contribution < -0.4 is 0 Å². The second kappa shape index (κ2) is 71.2. The van der Waals surface area contributed by atoms with Gasteiger partial charge in [-0.25, -0.2) is 4.79 Å². The van der Waals surface area contributed by atoms with Crippen molar-refractivity contribution in [3.8, 4) is 535 Å². The van der Waals surface area contributed by atoms with E-state index in [4.69, 9.17) is 38.2 Å². The largest absolute Gasteiger partial charge is 0.448 e. The summed E-state index contributed by atoms with van der Waals surface area (Å²) in [7, 11) is 0. The minimum Gasteiger partial charge on any atom is -0.448 e. The van der Waals surface area contributed by atoms with Gasteiger partial charge in [0.25, 0.3) is 6.47 Å². The summed E-state index contributed by atoms with van der Waals surface area (Å²) in [6.45, 7) is -0.259. The summed E-state index contributed by atoms with van der Waals surface area (Å²) in [4.78, 5) is 50.9. The maximum atomic E-state index is 13.4. The number of esters is 3. The van der Waals surface area contributed by atoms with Crippen LogP contribution in [0.15, 0.2) is 0 Å². The lowest BCUT2D eigenvalue weighted by molar-refractivity contribution is -0.179. The SMILES string of the molecule is C#CC#CC#CC#CC#CC#CC#CC#CC#CC#CC#CC#CC#CC#CC#COC(=O)CC(CC(=O)OC#CC#CC#CC#CC#CC#CC#CC#CC#CC#CC#CC#CC#CC#CC#C)(OC=O)C(=O)OC#CC#CC#CC#CC#CC#CC#CC#CC#CC#CC#CC#CC#CC#CC#C. The van der Waals surface area contributed by atoms with E-state index in [0.29, 0.717) is 0 Å². The molecule has 0 spiro atoms. The van der Waals surface area contributed by atoms with Gasteiger partial charge in [-0.3, -0.25) is 14.4 Å². The standard InChI is InChI=1S/C97H8O8/c1-4-7-10-13-16-19-22-25-28-31-34-37-40-43-46-49-52-55-58-61-64-67-70-73-76-79-82-85-88-102-94(99)91-97(105-93-98,96(101)104-90-87-84-81-78-75-72-69-66-63-60-57-54-51-48-45-42-39-36-33-30-27-24-21-18-15-12-9-6-3)92-95(100)103-89-86-83-80-77-74-71-68-65-62-59-56-53-50-47-44-41-38-35-32-29-26-23-20-17-14-11-8-5-2/h1-3,93H,91-92H2. The Morgan fingerprint density at radius 1 is 0.200 bits per heavy atom. The van der Waals surface area contributed by atoms with Crippen molar-refractivity contribution in [3.05, 3.63) is 0 Å². The zero-order chi connectivity index (χ0) is 75.7. The summed E-state index contributed by atoms with van der Waals surface area (Å²) in [6, 6.07) is 0. The molecular formula is C97H8O8. The van der Waals surface area contributed by atoms with Crippen LogP contribution in [0, 0.1) is 535 Å². The summed E-state index contributed by atoms with van der Waals surface area (Å²) in [6.07, 6.45) is 18.3. The Hall–Kier alpha value is -21.9. The molecule has 0 atom stereocenters. The Morgan fingerprint density at radius 3 is 0.457 bits per heavy atom. The van der Waals surface area contributed by atoms with Crippen molar-refractivity contribution in [1.82, 2.24) is 0 Å². The molecule has 0 aliphatic rings. The van der Waals surface area contributed by atoms with Gasteiger partial charge in [-0.2, -0.15) is 0 Å². The molecule has 0 aromatic heterocycles. The van der Waals surface area contributed by atoms with Gasteiger partial charge in [-0.15, -0.1) is 19.3 Å². The van der Waals surface area contributed by atoms with E-state index in [1.54, 1.807) is 0 Å². The van der Waals surface area contributed by atoms with Gasteiger partial charge in [-0.05, 0) is 142 Å². The van der Waals surface area contributed by atoms with Crippen molar-refractivity contribution in [3.63, 3.8) is 0 Å². The molecular weight excluding hydrogens is 1290 g/mol. The summed E-state index contributed by atoms with van der Waals surface area (Å²) < 4.78 is 19.3. The molecule has 0 rings (SSSR count). The van der Waals surface area contributed by atoms with Crippen molar-refractivity contribution in [2.75, 3.05) is 0 Å². The van der Waals surface area contributed by atoms with Crippen LogP contribution in [0.1, 0.15) is 12.8 Å². The molecule has 0 aliphatic heterocycles. The third kappa shape index (κ3) is 63.5. The Kier molecular flexibility index (Phi) is 56.3. The summed E-state index contributed by atoms with van der Waals surface area (Å²) >= 11 is 0. The average molecular weight is 1300 g/mol. The van der Waals surface area contributed by atoms with Crippen LogP contribution in [0.3, 0.4) is 0 Å². The first-order valence-corrected chi connectivity index (χ1v) is 26.0. The van der Waals surface area contributed by atoms with Crippen molar-refractivity contribution < 1.29 is 38.1 Å². The lowest BCUT2D eigenvalue weighted by Gasteiger charge is -2.25. The highest BCUT2D eigenvalue weighted by atomic mass is 16.6. The fourth-order valence-electron chi connectivity index (χ4n) is 3.83. The number of terminal acetylenes is 3. The third-order valence-electron chi connectivity index (χ3n) is 7.22. The third-order valence-corrected chi connectivity index (χ3v) is 7.22. The van der Waals surface area contributed by atoms with Crippen LogP contribution in [-0.2, 0) is 38.1 Å². The van der Waals surface area contributed by atoms with Crippen molar-refractivity contribution >= 4 is 24.4 Å². The summed E-state index contributed by atoms with van der Waals surface area (Å²) in [5, 5.41) is 0. The number of carbonyl (C=O) groups excluding carboxylic acids is 4. The highest BCUT2D eigenvalue weighted by molar-refractivity contribution is 5.92. The van der Waals surface area contributed by atoms with Gasteiger partial charge >= 0.3 is 17.9 Å². The molecule has 0 aliphatic carbocycles. The van der Waals surface area contributed by atoms with Crippen molar-refractivity contribution in [1.29, 1.82) is 0 Å². The molecule has 0 saturated heterocycles. The van der Waals surface area contributed by atoms with Crippen LogP contribution in [0.4, 0.5) is 0 Å². The fraction of sp³-hybridized carbons (Fsp3) is 0.0309. The van der Waals surface area contributed by atoms with Gasteiger partial charge in [0.05, 0.1) is 12.8 Å². The van der Waals surface area contributed by atoms with Crippen LogP contribution in [0.25, 0.3) is 0 Å². The minimum atomic E-state index is -2.77. The average Bonchev–Trinajstić information content (AvgIpc) is 0.822. The van der Waals surface area contributed by atoms with Gasteiger partial charge < -0.3 is 18.9 Å². The van der Waals surface area contributed by atoms with E-state index in [1.807, 2.05) is 18.3 Å². The number of carbonyl (C=O) groups is 4. The zero-order valence-corrected chi connectivity index (χ0v) is 52.5. The van der Waals surface area contributed by atoms with E-state index in [2.05, 4.69) is 497 Å². The molecule has 0 radical (unpaired) electrons. The normalized spacial score (nSPS) is 5.00. The molecule has 0 amide bonds. The predicted octanol–water partition coefficient (Wildman–Crippen LogP) is -0.777. The minimum absolute atomic E-state index is 0.259. The van der Waals surface area contributed by atoms with Crippen molar-refractivity contribution in [2.45, 2.75) is 18.4 Å². The summed E-state index contributed by atoms with van der Waals surface area (Å²) in [5.74, 6) is 197. The van der Waals surface area contributed by atoms with E-state index in [-0.39, 0.29) is 6.47 Å². The molecule has 8 heteroatoms. The van der Waals surface area contributed by atoms with E-state index in [1.165, 1.54) is 0 Å². The first-order valence-electron chi connectivity index (χ1n) is 26.0. The van der Waals surface area contributed by atoms with E-state index in [9.17, 15) is 19.2 Å². The molecule has 444 valence electrons.